The van der Waals surface area contributed by atoms with Crippen LogP contribution in [0.2, 0.25) is 0 Å². The molecule has 24 heavy (non-hydrogen) atoms. The van der Waals surface area contributed by atoms with E-state index in [0.29, 0.717) is 37.0 Å². The highest BCUT2D eigenvalue weighted by atomic mass is 16.2. The predicted molar refractivity (Wildman–Crippen MR) is 92.4 cm³/mol. The minimum atomic E-state index is -0.156. The summed E-state index contributed by atoms with van der Waals surface area (Å²) in [4.78, 5) is 36.7. The van der Waals surface area contributed by atoms with Crippen molar-refractivity contribution in [1.82, 2.24) is 19.8 Å². The number of nitrogens with zero attached hydrogens (tertiary/aromatic N) is 4. The first-order valence-electron chi connectivity index (χ1n) is 8.80. The number of hydrogen-bond acceptors (Lipinski definition) is 4. The zero-order valence-corrected chi connectivity index (χ0v) is 14.9. The van der Waals surface area contributed by atoms with E-state index in [1.54, 1.807) is 11.1 Å². The van der Waals surface area contributed by atoms with Gasteiger partial charge < -0.3 is 9.80 Å². The fourth-order valence-electron chi connectivity index (χ4n) is 2.93. The molecule has 0 N–H and O–H groups in total. The van der Waals surface area contributed by atoms with Gasteiger partial charge in [-0.1, -0.05) is 20.8 Å². The SMILES string of the molecule is CC(C)CN(CCC(=O)N1CCC(C)CC1)C(=O)c1cnccn1. The topological polar surface area (TPSA) is 66.4 Å². The van der Waals surface area contributed by atoms with E-state index in [1.165, 1.54) is 12.4 Å². The van der Waals surface area contributed by atoms with Gasteiger partial charge in [-0.2, -0.15) is 0 Å². The smallest absolute Gasteiger partial charge is 0.274 e. The molecule has 2 amide bonds. The van der Waals surface area contributed by atoms with Gasteiger partial charge in [0.1, 0.15) is 5.69 Å². The molecule has 1 aromatic rings. The Balaban J connectivity index is 1.93. The second kappa shape index (κ2) is 8.76. The van der Waals surface area contributed by atoms with E-state index >= 15 is 0 Å². The maximum Gasteiger partial charge on any atom is 0.274 e. The molecule has 2 heterocycles. The van der Waals surface area contributed by atoms with Gasteiger partial charge in [-0.15, -0.1) is 0 Å². The first-order valence-corrected chi connectivity index (χ1v) is 8.80. The number of carbonyl (C=O) groups is 2. The van der Waals surface area contributed by atoms with Crippen molar-refractivity contribution < 1.29 is 9.59 Å². The average Bonchev–Trinajstić information content (AvgIpc) is 2.58. The van der Waals surface area contributed by atoms with E-state index in [4.69, 9.17) is 0 Å². The second-order valence-electron chi connectivity index (χ2n) is 7.05. The van der Waals surface area contributed by atoms with E-state index in [2.05, 4.69) is 30.7 Å². The number of amides is 2. The first-order chi connectivity index (χ1) is 11.5. The minimum absolute atomic E-state index is 0.141. The van der Waals surface area contributed by atoms with Crippen LogP contribution in [-0.4, -0.2) is 57.8 Å². The summed E-state index contributed by atoms with van der Waals surface area (Å²) < 4.78 is 0. The van der Waals surface area contributed by atoms with E-state index in [1.807, 2.05) is 4.90 Å². The molecule has 0 bridgehead atoms. The normalized spacial score (nSPS) is 15.6. The standard InChI is InChI=1S/C18H28N4O2/c1-14(2)13-22(18(24)16-12-19-7-8-20-16)11-6-17(23)21-9-4-15(3)5-10-21/h7-8,12,14-15H,4-6,9-11,13H2,1-3H3. The summed E-state index contributed by atoms with van der Waals surface area (Å²) in [5, 5.41) is 0. The quantitative estimate of drug-likeness (QED) is 0.801. The van der Waals surface area contributed by atoms with Crippen LogP contribution in [0, 0.1) is 11.8 Å². The largest absolute Gasteiger partial charge is 0.343 e. The van der Waals surface area contributed by atoms with Crippen molar-refractivity contribution in [1.29, 1.82) is 0 Å². The number of likely N-dealkylation sites (tertiary alicyclic amines) is 1. The van der Waals surface area contributed by atoms with Crippen molar-refractivity contribution in [3.05, 3.63) is 24.3 Å². The van der Waals surface area contributed by atoms with Crippen LogP contribution < -0.4 is 0 Å². The van der Waals surface area contributed by atoms with Crippen LogP contribution in [0.4, 0.5) is 0 Å². The number of aromatic nitrogens is 2. The molecule has 0 aliphatic carbocycles. The molecular formula is C18H28N4O2. The Morgan fingerprint density at radius 3 is 2.58 bits per heavy atom. The summed E-state index contributed by atoms with van der Waals surface area (Å²) in [6.45, 7) is 9.06. The summed E-state index contributed by atoms with van der Waals surface area (Å²) in [5.74, 6) is 1.01. The van der Waals surface area contributed by atoms with Crippen molar-refractivity contribution in [3.8, 4) is 0 Å². The lowest BCUT2D eigenvalue weighted by Crippen LogP contribution is -2.41. The van der Waals surface area contributed by atoms with Crippen LogP contribution in [0.25, 0.3) is 0 Å². The van der Waals surface area contributed by atoms with Gasteiger partial charge in [-0.25, -0.2) is 4.98 Å². The molecule has 2 rings (SSSR count). The van der Waals surface area contributed by atoms with Crippen LogP contribution in [0.5, 0.6) is 0 Å². The lowest BCUT2D eigenvalue weighted by molar-refractivity contribution is -0.132. The summed E-state index contributed by atoms with van der Waals surface area (Å²) in [7, 11) is 0. The summed E-state index contributed by atoms with van der Waals surface area (Å²) in [6, 6.07) is 0. The molecule has 0 atom stereocenters. The molecule has 0 spiro atoms. The summed E-state index contributed by atoms with van der Waals surface area (Å²) in [5.41, 5.74) is 0.331. The Bertz CT molecular complexity index is 539. The fourth-order valence-corrected chi connectivity index (χ4v) is 2.93. The van der Waals surface area contributed by atoms with Gasteiger partial charge in [0.2, 0.25) is 5.91 Å². The van der Waals surface area contributed by atoms with Gasteiger partial charge in [0.15, 0.2) is 0 Å². The average molecular weight is 332 g/mol. The molecule has 1 aliphatic rings. The van der Waals surface area contributed by atoms with Gasteiger partial charge in [-0.3, -0.25) is 14.6 Å². The third-order valence-corrected chi connectivity index (χ3v) is 4.39. The number of rotatable bonds is 6. The molecule has 1 aromatic heterocycles. The third-order valence-electron chi connectivity index (χ3n) is 4.39. The van der Waals surface area contributed by atoms with Crippen LogP contribution in [-0.2, 0) is 4.79 Å². The maximum absolute atomic E-state index is 12.6. The number of piperidine rings is 1. The predicted octanol–water partition coefficient (Wildman–Crippen LogP) is 2.22. The van der Waals surface area contributed by atoms with Gasteiger partial charge in [0, 0.05) is 45.0 Å². The van der Waals surface area contributed by atoms with Crippen molar-refractivity contribution >= 4 is 11.8 Å². The zero-order valence-electron chi connectivity index (χ0n) is 14.9. The van der Waals surface area contributed by atoms with Gasteiger partial charge in [0.25, 0.3) is 5.91 Å². The molecule has 0 saturated carbocycles. The van der Waals surface area contributed by atoms with E-state index in [-0.39, 0.29) is 11.8 Å². The highest BCUT2D eigenvalue weighted by Gasteiger charge is 2.23. The molecule has 6 heteroatoms. The first kappa shape index (κ1) is 18.4. The van der Waals surface area contributed by atoms with Crippen molar-refractivity contribution in [3.63, 3.8) is 0 Å². The molecule has 0 unspecified atom stereocenters. The maximum atomic E-state index is 12.6. The lowest BCUT2D eigenvalue weighted by Gasteiger charge is -2.31. The molecule has 0 aromatic carbocycles. The molecule has 6 nitrogen and oxygen atoms in total. The molecular weight excluding hydrogens is 304 g/mol. The van der Waals surface area contributed by atoms with Crippen LogP contribution in [0.3, 0.4) is 0 Å². The Hall–Kier alpha value is -1.98. The molecule has 1 aliphatic heterocycles. The second-order valence-corrected chi connectivity index (χ2v) is 7.05. The van der Waals surface area contributed by atoms with E-state index < -0.39 is 0 Å². The van der Waals surface area contributed by atoms with Gasteiger partial charge >= 0.3 is 0 Å². The molecule has 132 valence electrons. The van der Waals surface area contributed by atoms with Crippen molar-refractivity contribution in [2.75, 3.05) is 26.2 Å². The van der Waals surface area contributed by atoms with E-state index in [9.17, 15) is 9.59 Å². The van der Waals surface area contributed by atoms with Crippen molar-refractivity contribution in [2.45, 2.75) is 40.0 Å². The molecule has 0 radical (unpaired) electrons. The lowest BCUT2D eigenvalue weighted by atomic mass is 9.99. The van der Waals surface area contributed by atoms with Gasteiger partial charge in [-0.05, 0) is 24.7 Å². The summed E-state index contributed by atoms with van der Waals surface area (Å²) >= 11 is 0. The number of hydrogen-bond donors (Lipinski definition) is 0. The fraction of sp³-hybridized carbons (Fsp3) is 0.667. The van der Waals surface area contributed by atoms with Crippen LogP contribution in [0.15, 0.2) is 18.6 Å². The third kappa shape index (κ3) is 5.28. The van der Waals surface area contributed by atoms with Crippen LogP contribution >= 0.6 is 0 Å². The number of carbonyl (C=O) groups excluding carboxylic acids is 2. The minimum Gasteiger partial charge on any atom is -0.343 e. The molecule has 1 saturated heterocycles. The summed E-state index contributed by atoms with van der Waals surface area (Å²) in [6.07, 6.45) is 7.04. The highest BCUT2D eigenvalue weighted by Crippen LogP contribution is 2.17. The zero-order chi connectivity index (χ0) is 17.5. The van der Waals surface area contributed by atoms with Crippen molar-refractivity contribution in [2.24, 2.45) is 11.8 Å². The van der Waals surface area contributed by atoms with E-state index in [0.717, 1.165) is 25.9 Å². The Morgan fingerprint density at radius 2 is 2.00 bits per heavy atom. The highest BCUT2D eigenvalue weighted by molar-refractivity contribution is 5.92. The van der Waals surface area contributed by atoms with Crippen LogP contribution in [0.1, 0.15) is 50.5 Å². The Morgan fingerprint density at radius 1 is 1.29 bits per heavy atom. The molecule has 1 fully saturated rings. The van der Waals surface area contributed by atoms with Gasteiger partial charge in [0.05, 0.1) is 6.20 Å². The Labute approximate surface area is 144 Å². The monoisotopic (exact) mass is 332 g/mol. The Kier molecular flexibility index (Phi) is 6.70.